The molecule has 0 aliphatic heterocycles. The van der Waals surface area contributed by atoms with Crippen molar-refractivity contribution in [2.45, 2.75) is 65.3 Å². The number of rotatable bonds is 5. The minimum absolute atomic E-state index is 0.374. The van der Waals surface area contributed by atoms with Crippen LogP contribution in [0, 0.1) is 11.3 Å². The lowest BCUT2D eigenvalue weighted by atomic mass is 9.84. The Morgan fingerprint density at radius 3 is 2.39 bits per heavy atom. The van der Waals surface area contributed by atoms with Gasteiger partial charge in [0, 0.05) is 12.5 Å². The molecule has 2 rings (SSSR count). The van der Waals surface area contributed by atoms with Crippen molar-refractivity contribution < 1.29 is 0 Å². The van der Waals surface area contributed by atoms with Gasteiger partial charge in [0.2, 0.25) is 0 Å². The van der Waals surface area contributed by atoms with Crippen LogP contribution >= 0.6 is 11.6 Å². The fourth-order valence-electron chi connectivity index (χ4n) is 2.77. The van der Waals surface area contributed by atoms with E-state index in [0.717, 1.165) is 18.1 Å². The zero-order chi connectivity index (χ0) is 13.3. The molecule has 1 fully saturated rings. The number of nitrogens with zero attached hydrogens (tertiary/aromatic N) is 3. The van der Waals surface area contributed by atoms with Crippen LogP contribution in [0.5, 0.6) is 0 Å². The van der Waals surface area contributed by atoms with E-state index < -0.39 is 0 Å². The van der Waals surface area contributed by atoms with E-state index in [1.54, 1.807) is 0 Å². The van der Waals surface area contributed by atoms with Crippen molar-refractivity contribution in [1.29, 1.82) is 0 Å². The first-order valence-electron chi connectivity index (χ1n) is 6.89. The minimum Gasteiger partial charge on any atom is -0.311 e. The van der Waals surface area contributed by atoms with E-state index in [-0.39, 0.29) is 0 Å². The summed E-state index contributed by atoms with van der Waals surface area (Å²) in [5.74, 6) is 3.17. The van der Waals surface area contributed by atoms with Crippen molar-refractivity contribution >= 4 is 11.6 Å². The van der Waals surface area contributed by atoms with Crippen LogP contribution in [0.15, 0.2) is 0 Å². The summed E-state index contributed by atoms with van der Waals surface area (Å²) in [5.41, 5.74) is 0.374. The van der Waals surface area contributed by atoms with Crippen molar-refractivity contribution in [3.05, 3.63) is 11.6 Å². The van der Waals surface area contributed by atoms with Gasteiger partial charge in [0.05, 0.1) is 5.88 Å². The predicted molar refractivity (Wildman–Crippen MR) is 74.8 cm³/mol. The zero-order valence-electron chi connectivity index (χ0n) is 11.9. The van der Waals surface area contributed by atoms with Crippen molar-refractivity contribution in [3.8, 4) is 0 Å². The van der Waals surface area contributed by atoms with Gasteiger partial charge in [0.1, 0.15) is 11.6 Å². The Morgan fingerprint density at radius 2 is 1.89 bits per heavy atom. The third-order valence-corrected chi connectivity index (χ3v) is 3.60. The Balaban J connectivity index is 2.07. The summed E-state index contributed by atoms with van der Waals surface area (Å²) in [5, 5.41) is 8.57. The van der Waals surface area contributed by atoms with E-state index in [1.807, 2.05) is 0 Å². The van der Waals surface area contributed by atoms with Gasteiger partial charge in [0.25, 0.3) is 0 Å². The highest BCUT2D eigenvalue weighted by Crippen LogP contribution is 2.37. The van der Waals surface area contributed by atoms with Gasteiger partial charge in [-0.3, -0.25) is 0 Å². The second-order valence-corrected chi connectivity index (χ2v) is 7.11. The first-order valence-corrected chi connectivity index (χ1v) is 7.43. The van der Waals surface area contributed by atoms with E-state index in [2.05, 4.69) is 42.5 Å². The molecule has 102 valence electrons. The summed E-state index contributed by atoms with van der Waals surface area (Å²) in [6.07, 6.45) is 4.73. The fourth-order valence-corrected chi connectivity index (χ4v) is 2.96. The molecule has 0 bridgehead atoms. The summed E-state index contributed by atoms with van der Waals surface area (Å²) in [4.78, 5) is 0. The number of halogens is 1. The summed E-state index contributed by atoms with van der Waals surface area (Å²) in [7, 11) is 0. The number of hydrogen-bond donors (Lipinski definition) is 0. The normalized spacial score (nSPS) is 18.1. The molecule has 0 saturated heterocycles. The molecule has 1 atom stereocenters. The van der Waals surface area contributed by atoms with Crippen molar-refractivity contribution in [1.82, 2.24) is 14.8 Å². The third kappa shape index (κ3) is 3.47. The van der Waals surface area contributed by atoms with Crippen LogP contribution < -0.4 is 0 Å². The molecule has 0 radical (unpaired) electrons. The smallest absolute Gasteiger partial charge is 0.148 e. The quantitative estimate of drug-likeness (QED) is 0.758. The Labute approximate surface area is 115 Å². The molecule has 0 spiro atoms. The lowest BCUT2D eigenvalue weighted by Gasteiger charge is -2.23. The molecule has 3 nitrogen and oxygen atoms in total. The first kappa shape index (κ1) is 13.9. The average molecular weight is 270 g/mol. The molecule has 1 aliphatic carbocycles. The molecule has 1 heterocycles. The molecule has 1 saturated carbocycles. The molecule has 0 amide bonds. The maximum Gasteiger partial charge on any atom is 0.148 e. The van der Waals surface area contributed by atoms with Crippen LogP contribution in [0.3, 0.4) is 0 Å². The third-order valence-electron chi connectivity index (χ3n) is 3.36. The van der Waals surface area contributed by atoms with Gasteiger partial charge in [-0.15, -0.1) is 21.8 Å². The molecule has 4 heteroatoms. The molecule has 0 aromatic carbocycles. The average Bonchev–Trinajstić information content (AvgIpc) is 2.98. The van der Waals surface area contributed by atoms with Crippen molar-refractivity contribution in [2.75, 3.05) is 0 Å². The van der Waals surface area contributed by atoms with Gasteiger partial charge < -0.3 is 4.57 Å². The first-order chi connectivity index (χ1) is 8.40. The Bertz CT molecular complexity index is 402. The highest BCUT2D eigenvalue weighted by atomic mass is 35.5. The highest BCUT2D eigenvalue weighted by molar-refractivity contribution is 6.16. The van der Waals surface area contributed by atoms with Crippen LogP contribution in [0.25, 0.3) is 0 Å². The van der Waals surface area contributed by atoms with Gasteiger partial charge in [-0.2, -0.15) is 0 Å². The number of hydrogen-bond acceptors (Lipinski definition) is 2. The number of alkyl halides is 1. The van der Waals surface area contributed by atoms with Crippen LogP contribution in [-0.2, 0) is 12.3 Å². The monoisotopic (exact) mass is 269 g/mol. The van der Waals surface area contributed by atoms with Gasteiger partial charge >= 0.3 is 0 Å². The number of aromatic nitrogens is 3. The van der Waals surface area contributed by atoms with E-state index in [1.165, 1.54) is 19.3 Å². The summed E-state index contributed by atoms with van der Waals surface area (Å²) >= 11 is 5.94. The topological polar surface area (TPSA) is 30.7 Å². The largest absolute Gasteiger partial charge is 0.311 e. The Hall–Kier alpha value is -0.570. The van der Waals surface area contributed by atoms with Crippen LogP contribution in [0.2, 0.25) is 0 Å². The van der Waals surface area contributed by atoms with Crippen molar-refractivity contribution in [2.24, 2.45) is 11.3 Å². The fraction of sp³-hybridized carbons (Fsp3) is 0.857. The molecular formula is C14H24ClN3. The molecule has 1 aromatic heterocycles. The van der Waals surface area contributed by atoms with Gasteiger partial charge in [0.15, 0.2) is 0 Å². The molecule has 1 aliphatic rings. The van der Waals surface area contributed by atoms with Gasteiger partial charge in [-0.1, -0.05) is 27.7 Å². The summed E-state index contributed by atoms with van der Waals surface area (Å²) in [6.45, 7) is 9.18. The van der Waals surface area contributed by atoms with E-state index in [0.29, 0.717) is 23.3 Å². The van der Waals surface area contributed by atoms with E-state index >= 15 is 0 Å². The van der Waals surface area contributed by atoms with Crippen LogP contribution in [0.1, 0.15) is 64.6 Å². The second-order valence-electron chi connectivity index (χ2n) is 6.84. The lowest BCUT2D eigenvalue weighted by Crippen LogP contribution is -2.15. The second kappa shape index (κ2) is 5.20. The van der Waals surface area contributed by atoms with Crippen LogP contribution in [0.4, 0.5) is 0 Å². The van der Waals surface area contributed by atoms with Gasteiger partial charge in [-0.05, 0) is 30.6 Å². The molecule has 1 unspecified atom stereocenters. The SMILES string of the molecule is CC(Cc1nnc(CCl)n1C1CC1)CC(C)(C)C. The summed E-state index contributed by atoms with van der Waals surface area (Å²) in [6, 6.07) is 0.616. The van der Waals surface area contributed by atoms with Gasteiger partial charge in [-0.25, -0.2) is 0 Å². The highest BCUT2D eigenvalue weighted by Gasteiger charge is 2.29. The zero-order valence-corrected chi connectivity index (χ0v) is 12.7. The summed E-state index contributed by atoms with van der Waals surface area (Å²) < 4.78 is 2.28. The molecule has 0 N–H and O–H groups in total. The molecule has 18 heavy (non-hydrogen) atoms. The molecular weight excluding hydrogens is 246 g/mol. The van der Waals surface area contributed by atoms with E-state index in [9.17, 15) is 0 Å². The maximum absolute atomic E-state index is 5.94. The lowest BCUT2D eigenvalue weighted by molar-refractivity contribution is 0.301. The Morgan fingerprint density at radius 1 is 1.28 bits per heavy atom. The predicted octanol–water partition coefficient (Wildman–Crippen LogP) is 3.97. The standard InChI is InChI=1S/C14H24ClN3/c1-10(8-14(2,3)4)7-12-16-17-13(9-15)18(12)11-5-6-11/h10-11H,5-9H2,1-4H3. The van der Waals surface area contributed by atoms with E-state index in [4.69, 9.17) is 11.6 Å². The molecule has 1 aromatic rings. The maximum atomic E-state index is 5.94. The minimum atomic E-state index is 0.374. The van der Waals surface area contributed by atoms with Crippen LogP contribution in [-0.4, -0.2) is 14.8 Å². The van der Waals surface area contributed by atoms with Crippen molar-refractivity contribution in [3.63, 3.8) is 0 Å². The Kier molecular flexibility index (Phi) is 4.00.